The third-order valence-corrected chi connectivity index (χ3v) is 7.38. The van der Waals surface area contributed by atoms with E-state index in [2.05, 4.69) is 5.32 Å². The zero-order valence-corrected chi connectivity index (χ0v) is 16.7. The third kappa shape index (κ3) is 3.26. The average molecular weight is 402 g/mol. The molecular weight excluding hydrogens is 378 g/mol. The predicted molar refractivity (Wildman–Crippen MR) is 103 cm³/mol. The van der Waals surface area contributed by atoms with Gasteiger partial charge in [-0.2, -0.15) is 0 Å². The van der Waals surface area contributed by atoms with Crippen LogP contribution in [-0.4, -0.2) is 24.5 Å². The highest BCUT2D eigenvalue weighted by Crippen LogP contribution is 2.48. The van der Waals surface area contributed by atoms with Crippen molar-refractivity contribution in [3.63, 3.8) is 0 Å². The number of rotatable bonds is 5. The van der Waals surface area contributed by atoms with Gasteiger partial charge in [-0.15, -0.1) is 11.3 Å². The number of hydrogen-bond donors (Lipinski definition) is 1. The second-order valence-corrected chi connectivity index (χ2v) is 8.90. The van der Waals surface area contributed by atoms with Crippen LogP contribution in [0.2, 0.25) is 0 Å². The number of nitrogens with one attached hydrogen (secondary N) is 1. The number of aliphatic carboxylic acids is 1. The van der Waals surface area contributed by atoms with Gasteiger partial charge in [-0.05, 0) is 56.4 Å². The van der Waals surface area contributed by atoms with Crippen LogP contribution < -0.4 is 10.4 Å². The topological polar surface area (TPSA) is 95.5 Å². The SMILES string of the molecule is CCOC(=O)c1c(NC(=O)[C@H]2[C@@H](C(=O)[O-])[C@H]3C=C[C@H]2C3)sc2c1CCCCC2. The molecule has 1 saturated carbocycles. The average Bonchev–Trinajstić information content (AvgIpc) is 3.31. The van der Waals surface area contributed by atoms with E-state index in [9.17, 15) is 19.5 Å². The van der Waals surface area contributed by atoms with Crippen LogP contribution in [0.3, 0.4) is 0 Å². The van der Waals surface area contributed by atoms with E-state index >= 15 is 0 Å². The van der Waals surface area contributed by atoms with Gasteiger partial charge in [-0.1, -0.05) is 18.6 Å². The minimum atomic E-state index is -1.18. The maximum Gasteiger partial charge on any atom is 0.341 e. The summed E-state index contributed by atoms with van der Waals surface area (Å²) in [4.78, 5) is 38.4. The molecule has 0 aliphatic heterocycles. The molecule has 4 rings (SSSR count). The first-order valence-corrected chi connectivity index (χ1v) is 10.8. The summed E-state index contributed by atoms with van der Waals surface area (Å²) in [6.45, 7) is 2.02. The fraction of sp³-hybridized carbons (Fsp3) is 0.571. The van der Waals surface area contributed by atoms with E-state index in [1.54, 1.807) is 6.92 Å². The summed E-state index contributed by atoms with van der Waals surface area (Å²) in [5.41, 5.74) is 1.45. The number of aryl methyl sites for hydroxylation is 1. The number of hydrogen-bond acceptors (Lipinski definition) is 6. The number of carbonyl (C=O) groups is 3. The molecule has 7 heteroatoms. The van der Waals surface area contributed by atoms with E-state index in [0.717, 1.165) is 42.5 Å². The van der Waals surface area contributed by atoms with E-state index in [-0.39, 0.29) is 24.3 Å². The molecule has 3 aliphatic carbocycles. The molecule has 1 fully saturated rings. The number of amides is 1. The van der Waals surface area contributed by atoms with Crippen LogP contribution in [0, 0.1) is 23.7 Å². The van der Waals surface area contributed by atoms with Gasteiger partial charge in [0.15, 0.2) is 0 Å². The molecular formula is C21H24NO5S-. The van der Waals surface area contributed by atoms with E-state index < -0.39 is 23.8 Å². The summed E-state index contributed by atoms with van der Waals surface area (Å²) in [7, 11) is 0. The van der Waals surface area contributed by atoms with Gasteiger partial charge >= 0.3 is 5.97 Å². The maximum atomic E-state index is 13.1. The molecule has 6 nitrogen and oxygen atoms in total. The van der Waals surface area contributed by atoms with Gasteiger partial charge < -0.3 is 20.0 Å². The van der Waals surface area contributed by atoms with Gasteiger partial charge in [0.25, 0.3) is 0 Å². The van der Waals surface area contributed by atoms with Crippen molar-refractivity contribution in [3.8, 4) is 0 Å². The standard InChI is InChI=1S/C21H25NO5S/c1-2-27-21(26)17-13-6-4-3-5-7-14(13)28-19(17)22-18(23)15-11-8-9-12(10-11)16(15)20(24)25/h8-9,11-12,15-16H,2-7,10H2,1H3,(H,22,23)(H,24,25)/p-1/t11-,12-,15+,16-/m0/s1. The number of esters is 1. The first kappa shape index (κ1) is 19.2. The fourth-order valence-electron chi connectivity index (χ4n) is 4.95. The Bertz CT molecular complexity index is 842. The van der Waals surface area contributed by atoms with Crippen molar-refractivity contribution < 1.29 is 24.2 Å². The predicted octanol–water partition coefficient (Wildman–Crippen LogP) is 2.32. The molecule has 3 aliphatic rings. The second-order valence-electron chi connectivity index (χ2n) is 7.80. The first-order chi connectivity index (χ1) is 13.5. The Kier molecular flexibility index (Phi) is 5.27. The Morgan fingerprint density at radius 1 is 1.14 bits per heavy atom. The summed E-state index contributed by atoms with van der Waals surface area (Å²) in [5, 5.41) is 15.0. The van der Waals surface area contributed by atoms with Crippen LogP contribution in [0.5, 0.6) is 0 Å². The van der Waals surface area contributed by atoms with E-state index in [4.69, 9.17) is 4.74 Å². The highest BCUT2D eigenvalue weighted by atomic mass is 32.1. The van der Waals surface area contributed by atoms with Crippen molar-refractivity contribution >= 4 is 34.2 Å². The number of ether oxygens (including phenoxy) is 1. The number of anilines is 1. The molecule has 1 aromatic rings. The highest BCUT2D eigenvalue weighted by Gasteiger charge is 2.49. The molecule has 28 heavy (non-hydrogen) atoms. The monoisotopic (exact) mass is 402 g/mol. The Hall–Kier alpha value is -2.15. The summed E-state index contributed by atoms with van der Waals surface area (Å²) in [5.74, 6) is -3.62. The Balaban J connectivity index is 1.64. The number of fused-ring (bicyclic) bond motifs is 3. The van der Waals surface area contributed by atoms with Crippen molar-refractivity contribution in [2.75, 3.05) is 11.9 Å². The van der Waals surface area contributed by atoms with Crippen LogP contribution >= 0.6 is 11.3 Å². The molecule has 0 spiro atoms. The normalized spacial score (nSPS) is 27.9. The molecule has 1 amide bonds. The molecule has 0 unspecified atom stereocenters. The summed E-state index contributed by atoms with van der Waals surface area (Å²) in [6.07, 6.45) is 9.37. The minimum absolute atomic E-state index is 0.0864. The van der Waals surface area contributed by atoms with Crippen molar-refractivity contribution in [2.24, 2.45) is 23.7 Å². The lowest BCUT2D eigenvalue weighted by Crippen LogP contribution is -2.42. The van der Waals surface area contributed by atoms with Crippen molar-refractivity contribution in [1.29, 1.82) is 0 Å². The molecule has 0 aromatic carbocycles. The van der Waals surface area contributed by atoms with E-state index in [1.165, 1.54) is 11.3 Å². The lowest BCUT2D eigenvalue weighted by atomic mass is 9.82. The smallest absolute Gasteiger partial charge is 0.341 e. The molecule has 1 heterocycles. The van der Waals surface area contributed by atoms with Crippen LogP contribution in [0.1, 0.15) is 53.4 Å². The van der Waals surface area contributed by atoms with Crippen molar-refractivity contribution in [1.82, 2.24) is 0 Å². The Morgan fingerprint density at radius 3 is 2.57 bits per heavy atom. The number of thiophene rings is 1. The van der Waals surface area contributed by atoms with Crippen LogP contribution in [0.4, 0.5) is 5.00 Å². The molecule has 150 valence electrons. The zero-order valence-electron chi connectivity index (χ0n) is 15.9. The van der Waals surface area contributed by atoms with Crippen LogP contribution in [0.25, 0.3) is 0 Å². The molecule has 1 aromatic heterocycles. The van der Waals surface area contributed by atoms with Crippen molar-refractivity contribution in [2.45, 2.75) is 45.4 Å². The Morgan fingerprint density at radius 2 is 1.86 bits per heavy atom. The van der Waals surface area contributed by atoms with Gasteiger partial charge in [0.1, 0.15) is 5.00 Å². The molecule has 0 saturated heterocycles. The van der Waals surface area contributed by atoms with Crippen molar-refractivity contribution in [3.05, 3.63) is 28.2 Å². The molecule has 1 N–H and O–H groups in total. The lowest BCUT2D eigenvalue weighted by molar-refractivity contribution is -0.313. The summed E-state index contributed by atoms with van der Waals surface area (Å²) < 4.78 is 5.25. The van der Waals surface area contributed by atoms with Gasteiger partial charge in [0.2, 0.25) is 5.91 Å². The van der Waals surface area contributed by atoms with Gasteiger partial charge in [0, 0.05) is 16.8 Å². The highest BCUT2D eigenvalue weighted by molar-refractivity contribution is 7.17. The Labute approximate surface area is 168 Å². The van der Waals surface area contributed by atoms with Crippen LogP contribution in [0.15, 0.2) is 12.2 Å². The van der Waals surface area contributed by atoms with Gasteiger partial charge in [-0.3, -0.25) is 4.79 Å². The second kappa shape index (κ2) is 7.70. The summed E-state index contributed by atoms with van der Waals surface area (Å²) in [6, 6.07) is 0. The lowest BCUT2D eigenvalue weighted by Gasteiger charge is -2.27. The van der Waals surface area contributed by atoms with Gasteiger partial charge in [-0.25, -0.2) is 4.79 Å². The number of carboxylic acids is 1. The van der Waals surface area contributed by atoms with Gasteiger partial charge in [0.05, 0.1) is 18.1 Å². The minimum Gasteiger partial charge on any atom is -0.550 e. The molecule has 2 bridgehead atoms. The van der Waals surface area contributed by atoms with Crippen LogP contribution in [-0.2, 0) is 27.2 Å². The largest absolute Gasteiger partial charge is 0.550 e. The number of allylic oxidation sites excluding steroid dienone is 2. The first-order valence-electron chi connectivity index (χ1n) is 10.0. The quantitative estimate of drug-likeness (QED) is 0.463. The number of carbonyl (C=O) groups excluding carboxylic acids is 3. The fourth-order valence-corrected chi connectivity index (χ4v) is 6.23. The zero-order chi connectivity index (χ0) is 19.8. The van der Waals surface area contributed by atoms with E-state index in [1.807, 2.05) is 12.2 Å². The molecule has 4 atom stereocenters. The van der Waals surface area contributed by atoms with E-state index in [0.29, 0.717) is 17.0 Å². The number of carboxylic acid groups (broad SMARTS) is 1. The maximum absolute atomic E-state index is 13.1. The third-order valence-electron chi connectivity index (χ3n) is 6.17. The molecule has 0 radical (unpaired) electrons. The summed E-state index contributed by atoms with van der Waals surface area (Å²) >= 11 is 1.43.